The number of phenolic OH excluding ortho intramolecular Hbond substituents is 1. The summed E-state index contributed by atoms with van der Waals surface area (Å²) in [5, 5.41) is 15.0. The summed E-state index contributed by atoms with van der Waals surface area (Å²) in [6.07, 6.45) is 1.83. The Morgan fingerprint density at radius 1 is 0.968 bits per heavy atom. The highest BCUT2D eigenvalue weighted by Gasteiger charge is 2.28. The molecule has 3 rings (SSSR count). The number of aliphatic imine (C=N–C) groups is 1. The average molecular weight is 477 g/mol. The van der Waals surface area contributed by atoms with Crippen LogP contribution in [0, 0.1) is 0 Å². The Bertz CT molecular complexity index is 1070. The van der Waals surface area contributed by atoms with E-state index < -0.39 is 0 Å². The smallest absolute Gasteiger partial charge is 0.264 e. The molecule has 7 heteroatoms. The number of carbonyl (C=O) groups excluding carboxylic acids is 1. The maximum Gasteiger partial charge on any atom is 0.264 e. The number of benzene rings is 2. The number of nitrogens with one attached hydrogen (secondary N) is 1. The predicted molar refractivity (Wildman–Crippen MR) is 133 cm³/mol. The molecule has 164 valence electrons. The van der Waals surface area contributed by atoms with E-state index in [9.17, 15) is 9.90 Å². The van der Waals surface area contributed by atoms with Gasteiger partial charge in [-0.3, -0.25) is 4.79 Å². The van der Waals surface area contributed by atoms with Crippen LogP contribution < -0.4 is 5.32 Å². The van der Waals surface area contributed by atoms with Crippen LogP contribution in [-0.4, -0.2) is 16.2 Å². The summed E-state index contributed by atoms with van der Waals surface area (Å²) in [4.78, 5) is 17.5. The Morgan fingerprint density at radius 3 is 2.06 bits per heavy atom. The maximum absolute atomic E-state index is 12.6. The van der Waals surface area contributed by atoms with E-state index in [0.717, 1.165) is 16.7 Å². The van der Waals surface area contributed by atoms with Gasteiger partial charge in [0.2, 0.25) is 0 Å². The third-order valence-corrected chi connectivity index (χ3v) is 6.48. The molecule has 1 fully saturated rings. The first-order valence-corrected chi connectivity index (χ1v) is 11.5. The maximum atomic E-state index is 12.6. The summed E-state index contributed by atoms with van der Waals surface area (Å²) in [6.45, 7) is 12.4. The van der Waals surface area contributed by atoms with Crippen LogP contribution >= 0.6 is 35.0 Å². The number of phenols is 1. The SMILES string of the molecule is CC(C)(C)c1cc(/C=C2\SC(=Nc3ccc(Cl)c(Cl)c3)NC2=O)cc(C(C)(C)C)c1O. The van der Waals surface area contributed by atoms with E-state index in [1.165, 1.54) is 11.8 Å². The number of amides is 1. The van der Waals surface area contributed by atoms with Crippen molar-refractivity contribution < 1.29 is 9.90 Å². The number of thioether (sulfide) groups is 1. The molecular formula is C24H26Cl2N2O2S. The normalized spacial score (nSPS) is 17.5. The van der Waals surface area contributed by atoms with E-state index in [1.54, 1.807) is 18.2 Å². The summed E-state index contributed by atoms with van der Waals surface area (Å²) >= 11 is 13.3. The summed E-state index contributed by atoms with van der Waals surface area (Å²) < 4.78 is 0. The molecular weight excluding hydrogens is 451 g/mol. The van der Waals surface area contributed by atoms with Crippen LogP contribution in [0.4, 0.5) is 5.69 Å². The lowest BCUT2D eigenvalue weighted by atomic mass is 9.78. The second kappa shape index (κ2) is 8.53. The molecule has 0 unspecified atom stereocenters. The van der Waals surface area contributed by atoms with Gasteiger partial charge in [-0.25, -0.2) is 4.99 Å². The van der Waals surface area contributed by atoms with Gasteiger partial charge in [-0.2, -0.15) is 0 Å². The Balaban J connectivity index is 2.00. The van der Waals surface area contributed by atoms with Crippen LogP contribution in [0.2, 0.25) is 10.0 Å². The van der Waals surface area contributed by atoms with Gasteiger partial charge in [-0.15, -0.1) is 0 Å². The molecule has 2 aromatic rings. The fourth-order valence-corrected chi connectivity index (χ4v) is 4.32. The molecule has 2 aromatic carbocycles. The molecule has 2 N–H and O–H groups in total. The fraction of sp³-hybridized carbons (Fsp3) is 0.333. The predicted octanol–water partition coefficient (Wildman–Crippen LogP) is 7.19. The van der Waals surface area contributed by atoms with Crippen molar-refractivity contribution in [2.24, 2.45) is 4.99 Å². The molecule has 0 saturated carbocycles. The van der Waals surface area contributed by atoms with Crippen molar-refractivity contribution in [3.8, 4) is 5.75 Å². The topological polar surface area (TPSA) is 61.7 Å². The Morgan fingerprint density at radius 2 is 1.55 bits per heavy atom. The largest absolute Gasteiger partial charge is 0.507 e. The van der Waals surface area contributed by atoms with E-state index in [0.29, 0.717) is 31.6 Å². The molecule has 0 aromatic heterocycles. The molecule has 1 amide bonds. The fourth-order valence-electron chi connectivity index (χ4n) is 3.19. The van der Waals surface area contributed by atoms with Crippen LogP contribution in [0.15, 0.2) is 40.2 Å². The van der Waals surface area contributed by atoms with Gasteiger partial charge in [-0.05, 0) is 64.6 Å². The van der Waals surface area contributed by atoms with Gasteiger partial charge < -0.3 is 10.4 Å². The van der Waals surface area contributed by atoms with Crippen molar-refractivity contribution in [2.45, 2.75) is 52.4 Å². The lowest BCUT2D eigenvalue weighted by molar-refractivity contribution is -0.115. The summed E-state index contributed by atoms with van der Waals surface area (Å²) in [5.74, 6) is 0.0963. The molecule has 4 nitrogen and oxygen atoms in total. The van der Waals surface area contributed by atoms with Gasteiger partial charge in [0, 0.05) is 11.1 Å². The molecule has 0 radical (unpaired) electrons. The zero-order chi connectivity index (χ0) is 23.1. The monoisotopic (exact) mass is 476 g/mol. The Hall–Kier alpha value is -1.95. The molecule has 31 heavy (non-hydrogen) atoms. The van der Waals surface area contributed by atoms with Crippen LogP contribution in [-0.2, 0) is 15.6 Å². The van der Waals surface area contributed by atoms with Crippen molar-refractivity contribution in [2.75, 3.05) is 0 Å². The first kappa shape index (κ1) is 23.7. The van der Waals surface area contributed by atoms with Gasteiger partial charge in [-0.1, -0.05) is 64.7 Å². The second-order valence-electron chi connectivity index (χ2n) is 9.54. The highest BCUT2D eigenvalue weighted by molar-refractivity contribution is 8.18. The van der Waals surface area contributed by atoms with Gasteiger partial charge in [0.05, 0.1) is 20.6 Å². The van der Waals surface area contributed by atoms with E-state index in [4.69, 9.17) is 23.2 Å². The number of aromatic hydroxyl groups is 1. The molecule has 1 saturated heterocycles. The first-order chi connectivity index (χ1) is 14.3. The summed E-state index contributed by atoms with van der Waals surface area (Å²) in [6, 6.07) is 8.94. The Kier molecular flexibility index (Phi) is 6.52. The lowest BCUT2D eigenvalue weighted by Crippen LogP contribution is -2.19. The minimum absolute atomic E-state index is 0.216. The number of amidine groups is 1. The third-order valence-electron chi connectivity index (χ3n) is 4.83. The van der Waals surface area contributed by atoms with Gasteiger partial charge >= 0.3 is 0 Å². The minimum atomic E-state index is -0.246. The number of halogens is 2. The van der Waals surface area contributed by atoms with Crippen LogP contribution in [0.5, 0.6) is 5.75 Å². The molecule has 0 bridgehead atoms. The van der Waals surface area contributed by atoms with Crippen molar-refractivity contribution in [1.82, 2.24) is 5.32 Å². The number of hydrogen-bond donors (Lipinski definition) is 2. The highest BCUT2D eigenvalue weighted by Crippen LogP contribution is 2.41. The number of nitrogens with zero attached hydrogens (tertiary/aromatic N) is 1. The van der Waals surface area contributed by atoms with E-state index in [-0.39, 0.29) is 16.7 Å². The van der Waals surface area contributed by atoms with Gasteiger partial charge in [0.25, 0.3) is 5.91 Å². The first-order valence-electron chi connectivity index (χ1n) is 9.88. The van der Waals surface area contributed by atoms with Gasteiger partial charge in [0.15, 0.2) is 5.17 Å². The standard InChI is InChI=1S/C24H26Cl2N2O2S/c1-23(2,3)15-9-13(10-16(20(15)29)24(4,5)6)11-19-21(30)28-22(31-19)27-14-7-8-17(25)18(26)12-14/h7-12,29H,1-6H3,(H,27,28,30)/b19-11-. The zero-order valence-electron chi connectivity index (χ0n) is 18.4. The number of carbonyl (C=O) groups is 1. The summed E-state index contributed by atoms with van der Waals surface area (Å²) in [7, 11) is 0. The molecule has 0 aliphatic carbocycles. The van der Waals surface area contributed by atoms with E-state index >= 15 is 0 Å². The molecule has 1 heterocycles. The highest BCUT2D eigenvalue weighted by atomic mass is 35.5. The second-order valence-corrected chi connectivity index (χ2v) is 11.4. The minimum Gasteiger partial charge on any atom is -0.507 e. The quantitative estimate of drug-likeness (QED) is 0.450. The molecule has 1 aliphatic heterocycles. The van der Waals surface area contributed by atoms with Crippen molar-refractivity contribution >= 4 is 57.8 Å². The van der Waals surface area contributed by atoms with Gasteiger partial charge in [0.1, 0.15) is 5.75 Å². The number of rotatable bonds is 2. The third kappa shape index (κ3) is 5.46. The van der Waals surface area contributed by atoms with Crippen LogP contribution in [0.1, 0.15) is 58.2 Å². The van der Waals surface area contributed by atoms with E-state index in [1.807, 2.05) is 18.2 Å². The van der Waals surface area contributed by atoms with Crippen molar-refractivity contribution in [3.63, 3.8) is 0 Å². The lowest BCUT2D eigenvalue weighted by Gasteiger charge is -2.28. The molecule has 1 aliphatic rings. The molecule has 0 spiro atoms. The van der Waals surface area contributed by atoms with Crippen LogP contribution in [0.3, 0.4) is 0 Å². The summed E-state index contributed by atoms with van der Waals surface area (Å²) in [5.41, 5.74) is 2.67. The van der Waals surface area contributed by atoms with E-state index in [2.05, 4.69) is 51.9 Å². The average Bonchev–Trinajstić information content (AvgIpc) is 2.96. The van der Waals surface area contributed by atoms with Crippen molar-refractivity contribution in [3.05, 3.63) is 62.0 Å². The van der Waals surface area contributed by atoms with Crippen molar-refractivity contribution in [1.29, 1.82) is 0 Å². The molecule has 0 atom stereocenters. The van der Waals surface area contributed by atoms with Crippen LogP contribution in [0.25, 0.3) is 6.08 Å². The number of hydrogen-bond acceptors (Lipinski definition) is 4. The zero-order valence-corrected chi connectivity index (χ0v) is 20.8. The Labute approximate surface area is 197 Å².